The highest BCUT2D eigenvalue weighted by Crippen LogP contribution is 2.32. The van der Waals surface area contributed by atoms with Gasteiger partial charge in [0.2, 0.25) is 0 Å². The Morgan fingerprint density at radius 3 is 1.81 bits per heavy atom. The van der Waals surface area contributed by atoms with Crippen LogP contribution in [0.3, 0.4) is 0 Å². The molecule has 154 valence electrons. The third-order valence-corrected chi connectivity index (χ3v) is 6.11. The minimum Gasteiger partial charge on any atom is -0.218 e. The van der Waals surface area contributed by atoms with Crippen LogP contribution in [0.25, 0.3) is 22.5 Å². The summed E-state index contributed by atoms with van der Waals surface area (Å²) < 4.78 is 4.66. The number of hydrogen-bond acceptors (Lipinski definition) is 0. The molecule has 31 heavy (non-hydrogen) atoms. The van der Waals surface area contributed by atoms with Gasteiger partial charge < -0.3 is 0 Å². The smallest absolute Gasteiger partial charge is 0.218 e. The molecule has 0 radical (unpaired) electrons. The van der Waals surface area contributed by atoms with Crippen molar-refractivity contribution < 1.29 is 4.57 Å². The van der Waals surface area contributed by atoms with Crippen LogP contribution in [-0.2, 0) is 13.6 Å². The molecule has 0 atom stereocenters. The monoisotopic (exact) mass is 421 g/mol. The van der Waals surface area contributed by atoms with Crippen LogP contribution in [0.15, 0.2) is 91.0 Å². The van der Waals surface area contributed by atoms with E-state index in [-0.39, 0.29) is 0 Å². The fraction of sp³-hybridized carbons (Fsp3) is 0.179. The number of rotatable bonds is 4. The molecule has 0 N–H and O–H groups in total. The van der Waals surface area contributed by atoms with E-state index in [0.29, 0.717) is 0 Å². The van der Waals surface area contributed by atoms with Gasteiger partial charge in [-0.2, -0.15) is 0 Å². The molecule has 1 heterocycles. The first-order valence-electron chi connectivity index (χ1n) is 10.7. The molecule has 0 spiro atoms. The van der Waals surface area contributed by atoms with Gasteiger partial charge in [-0.05, 0) is 5.56 Å². The highest BCUT2D eigenvalue weighted by Gasteiger charge is 2.30. The number of aromatic nitrogens is 2. The fourth-order valence-electron chi connectivity index (χ4n) is 3.81. The van der Waals surface area contributed by atoms with E-state index in [0.717, 1.165) is 12.4 Å². The third-order valence-electron chi connectivity index (χ3n) is 5.23. The van der Waals surface area contributed by atoms with Crippen molar-refractivity contribution in [2.45, 2.75) is 26.2 Å². The van der Waals surface area contributed by atoms with E-state index in [1.807, 2.05) is 0 Å². The van der Waals surface area contributed by atoms with Crippen molar-refractivity contribution in [2.75, 3.05) is 0 Å². The Bertz CT molecular complexity index is 1220. The average molecular weight is 422 g/mol. The maximum Gasteiger partial charge on any atom is 0.335 e. The van der Waals surface area contributed by atoms with E-state index in [1.54, 1.807) is 0 Å². The highest BCUT2D eigenvalue weighted by atomic mass is 28.3. The maximum absolute atomic E-state index is 3.60. The van der Waals surface area contributed by atoms with Crippen molar-refractivity contribution >= 4 is 8.07 Å². The van der Waals surface area contributed by atoms with Crippen LogP contribution in [0, 0.1) is 11.5 Å². The Kier molecular flexibility index (Phi) is 5.93. The molecular formula is C28H29N2Si+. The van der Waals surface area contributed by atoms with Crippen molar-refractivity contribution in [3.05, 3.63) is 102 Å². The molecule has 4 aromatic rings. The van der Waals surface area contributed by atoms with Gasteiger partial charge in [0.05, 0.1) is 7.05 Å². The Balaban J connectivity index is 2.04. The first-order chi connectivity index (χ1) is 14.9. The van der Waals surface area contributed by atoms with Gasteiger partial charge in [-0.15, -0.1) is 5.54 Å². The van der Waals surface area contributed by atoms with Crippen LogP contribution in [0.5, 0.6) is 0 Å². The first-order valence-corrected chi connectivity index (χ1v) is 14.2. The van der Waals surface area contributed by atoms with E-state index >= 15 is 0 Å². The predicted octanol–water partition coefficient (Wildman–Crippen LogP) is 5.92. The van der Waals surface area contributed by atoms with Crippen LogP contribution in [0.2, 0.25) is 19.6 Å². The topological polar surface area (TPSA) is 8.81 Å². The molecular weight excluding hydrogens is 392 g/mol. The fourth-order valence-corrected chi connectivity index (χ4v) is 4.30. The van der Waals surface area contributed by atoms with Crippen LogP contribution in [0.1, 0.15) is 11.4 Å². The SMILES string of the molecule is C[n+]1c(-c2ccccc2)c(-c2ccccc2)n(Cc2ccccc2)c1C#C[Si](C)(C)C. The summed E-state index contributed by atoms with van der Waals surface area (Å²) in [5, 5.41) is 0. The lowest BCUT2D eigenvalue weighted by Gasteiger charge is -2.06. The van der Waals surface area contributed by atoms with Crippen molar-refractivity contribution in [2.24, 2.45) is 7.05 Å². The first kappa shape index (κ1) is 20.9. The number of imidazole rings is 1. The van der Waals surface area contributed by atoms with Gasteiger partial charge in [-0.3, -0.25) is 0 Å². The predicted molar refractivity (Wildman–Crippen MR) is 132 cm³/mol. The molecule has 4 rings (SSSR count). The summed E-state index contributed by atoms with van der Waals surface area (Å²) in [6, 6.07) is 32.0. The molecule has 0 aliphatic rings. The second kappa shape index (κ2) is 8.79. The zero-order valence-electron chi connectivity index (χ0n) is 18.8. The quantitative estimate of drug-likeness (QED) is 0.220. The number of nitrogens with zero attached hydrogens (tertiary/aromatic N) is 2. The Morgan fingerprint density at radius 2 is 1.26 bits per heavy atom. The van der Waals surface area contributed by atoms with Crippen LogP contribution in [-0.4, -0.2) is 12.6 Å². The molecule has 0 saturated heterocycles. The third kappa shape index (κ3) is 4.71. The summed E-state index contributed by atoms with van der Waals surface area (Å²) in [6.07, 6.45) is 0. The summed E-state index contributed by atoms with van der Waals surface area (Å²) in [7, 11) is 0.611. The Hall–Kier alpha value is -3.35. The molecule has 0 amide bonds. The molecule has 3 heteroatoms. The minimum absolute atomic E-state index is 0.779. The van der Waals surface area contributed by atoms with E-state index in [2.05, 4.69) is 138 Å². The zero-order valence-corrected chi connectivity index (χ0v) is 19.8. The zero-order chi connectivity index (χ0) is 21.8. The molecule has 0 aliphatic carbocycles. The molecule has 0 aliphatic heterocycles. The van der Waals surface area contributed by atoms with E-state index in [9.17, 15) is 0 Å². The second-order valence-corrected chi connectivity index (χ2v) is 13.6. The van der Waals surface area contributed by atoms with E-state index in [1.165, 1.54) is 28.1 Å². The summed E-state index contributed by atoms with van der Waals surface area (Å²) in [5.74, 6) is 4.63. The minimum atomic E-state index is -1.53. The Labute approximate surface area is 186 Å². The summed E-state index contributed by atoms with van der Waals surface area (Å²) >= 11 is 0. The van der Waals surface area contributed by atoms with Crippen molar-refractivity contribution in [3.8, 4) is 34.0 Å². The average Bonchev–Trinajstić information content (AvgIpc) is 3.05. The van der Waals surface area contributed by atoms with Gasteiger partial charge in [0.15, 0.2) is 11.4 Å². The standard InChI is InChI=1S/C28H29N2Si/c1-29-26(20-21-31(2,3)4)30(22-23-14-8-5-9-15-23)28(25-18-12-7-13-19-25)27(29)24-16-10-6-11-17-24/h5-19H,22H2,1-4H3/q+1. The van der Waals surface area contributed by atoms with Gasteiger partial charge in [0.1, 0.15) is 14.6 Å². The summed E-state index contributed by atoms with van der Waals surface area (Å²) in [5.41, 5.74) is 9.67. The van der Waals surface area contributed by atoms with Crippen molar-refractivity contribution in [1.29, 1.82) is 0 Å². The number of hydrogen-bond donors (Lipinski definition) is 0. The highest BCUT2D eigenvalue weighted by molar-refractivity contribution is 6.83. The van der Waals surface area contributed by atoms with Crippen molar-refractivity contribution in [3.63, 3.8) is 0 Å². The van der Waals surface area contributed by atoms with Gasteiger partial charge in [-0.1, -0.05) is 111 Å². The van der Waals surface area contributed by atoms with Crippen molar-refractivity contribution in [1.82, 2.24) is 4.57 Å². The van der Waals surface area contributed by atoms with Crippen LogP contribution >= 0.6 is 0 Å². The summed E-state index contributed by atoms with van der Waals surface area (Å²) in [6.45, 7) is 7.66. The van der Waals surface area contributed by atoms with Crippen LogP contribution < -0.4 is 4.57 Å². The molecule has 0 bridgehead atoms. The van der Waals surface area contributed by atoms with Crippen LogP contribution in [0.4, 0.5) is 0 Å². The molecule has 3 aromatic carbocycles. The lowest BCUT2D eigenvalue weighted by atomic mass is 10.0. The van der Waals surface area contributed by atoms with Gasteiger partial charge in [0, 0.05) is 17.0 Å². The van der Waals surface area contributed by atoms with Gasteiger partial charge >= 0.3 is 5.82 Å². The molecule has 0 fully saturated rings. The van der Waals surface area contributed by atoms with E-state index < -0.39 is 8.07 Å². The second-order valence-electron chi connectivity index (χ2n) is 8.88. The molecule has 1 aromatic heterocycles. The largest absolute Gasteiger partial charge is 0.335 e. The van der Waals surface area contributed by atoms with E-state index in [4.69, 9.17) is 0 Å². The molecule has 2 nitrogen and oxygen atoms in total. The van der Waals surface area contributed by atoms with Gasteiger partial charge in [-0.25, -0.2) is 9.13 Å². The molecule has 0 unspecified atom stereocenters. The Morgan fingerprint density at radius 1 is 0.742 bits per heavy atom. The lowest BCUT2D eigenvalue weighted by molar-refractivity contribution is -0.662. The lowest BCUT2D eigenvalue weighted by Crippen LogP contribution is -2.34. The number of benzene rings is 3. The van der Waals surface area contributed by atoms with Gasteiger partial charge in [0.25, 0.3) is 0 Å². The summed E-state index contributed by atoms with van der Waals surface area (Å²) in [4.78, 5) is 0. The maximum atomic E-state index is 3.60. The molecule has 0 saturated carbocycles. The normalized spacial score (nSPS) is 11.1.